The molecule has 3 aromatic heterocycles. The van der Waals surface area contributed by atoms with Crippen molar-refractivity contribution in [2.75, 3.05) is 38.8 Å². The zero-order valence-electron chi connectivity index (χ0n) is 29.8. The summed E-state index contributed by atoms with van der Waals surface area (Å²) in [5.41, 5.74) is 2.61. The van der Waals surface area contributed by atoms with E-state index in [-0.39, 0.29) is 24.0 Å². The smallest absolute Gasteiger partial charge is 0.469 e. The van der Waals surface area contributed by atoms with Crippen LogP contribution in [0.2, 0.25) is 0 Å². The summed E-state index contributed by atoms with van der Waals surface area (Å²) >= 11 is 0. The molecule has 4 rings (SSSR count). The minimum atomic E-state index is -4.83. The number of aromatic nitrogens is 4. The Morgan fingerprint density at radius 1 is 1.10 bits per heavy atom. The first-order valence-electron chi connectivity index (χ1n) is 17.9. The van der Waals surface area contributed by atoms with E-state index in [4.69, 9.17) is 29.0 Å². The maximum absolute atomic E-state index is 13.1. The van der Waals surface area contributed by atoms with Gasteiger partial charge >= 0.3 is 7.82 Å². The monoisotopic (exact) mass is 745 g/mol. The van der Waals surface area contributed by atoms with Crippen LogP contribution in [-0.2, 0) is 28.7 Å². The SMILES string of the molecule is C=N[C@]1(COP(=O)(O)OC[C@@H](COCCCCCCCCCCCCCC)Oc2cc(C#N)ccn2)OC[C@@](O)(c2ccc3c(N)ncnn23)[C@@H]1O. The molecule has 4 heterocycles. The Kier molecular flexibility index (Phi) is 15.9. The fourth-order valence-electron chi connectivity index (χ4n) is 6.04. The maximum atomic E-state index is 13.1. The number of phosphoric ester groups is 1. The summed E-state index contributed by atoms with van der Waals surface area (Å²) in [6.07, 6.45) is 14.5. The number of nitrogens with zero attached hydrogens (tertiary/aromatic N) is 6. The Balaban J connectivity index is 1.27. The maximum Gasteiger partial charge on any atom is 0.472 e. The number of phosphoric acid groups is 1. The van der Waals surface area contributed by atoms with Gasteiger partial charge in [-0.05, 0) is 31.3 Å². The molecule has 0 amide bonds. The lowest BCUT2D eigenvalue weighted by molar-refractivity contribution is -0.104. The van der Waals surface area contributed by atoms with Crippen molar-refractivity contribution in [2.24, 2.45) is 4.99 Å². The lowest BCUT2D eigenvalue weighted by atomic mass is 9.90. The molecule has 1 aliphatic rings. The zero-order chi connectivity index (χ0) is 37.5. The lowest BCUT2D eigenvalue weighted by Crippen LogP contribution is -2.50. The van der Waals surface area contributed by atoms with Crippen LogP contribution >= 0.6 is 7.82 Å². The number of nitrogens with two attached hydrogens (primary N) is 1. The van der Waals surface area contributed by atoms with Gasteiger partial charge in [-0.2, -0.15) is 10.4 Å². The van der Waals surface area contributed by atoms with Crippen LogP contribution in [0, 0.1) is 11.3 Å². The van der Waals surface area contributed by atoms with Crippen molar-refractivity contribution in [3.8, 4) is 11.9 Å². The molecule has 0 spiro atoms. The molecule has 17 heteroatoms. The number of fused-ring (bicyclic) bond motifs is 1. The Morgan fingerprint density at radius 3 is 2.46 bits per heavy atom. The number of nitriles is 1. The third-order valence-electron chi connectivity index (χ3n) is 9.07. The summed E-state index contributed by atoms with van der Waals surface area (Å²) < 4.78 is 42.2. The molecule has 0 radical (unpaired) electrons. The number of unbranched alkanes of at least 4 members (excludes halogenated alkanes) is 11. The van der Waals surface area contributed by atoms with Crippen LogP contribution in [0.1, 0.15) is 95.2 Å². The van der Waals surface area contributed by atoms with Crippen molar-refractivity contribution in [3.05, 3.63) is 48.0 Å². The average molecular weight is 746 g/mol. The number of hydrogen-bond donors (Lipinski definition) is 4. The Hall–Kier alpha value is -3.52. The highest BCUT2D eigenvalue weighted by Gasteiger charge is 2.60. The number of rotatable bonds is 25. The molecule has 1 saturated heterocycles. The topological polar surface area (TPSA) is 229 Å². The van der Waals surface area contributed by atoms with Gasteiger partial charge in [0, 0.05) is 18.9 Å². The highest BCUT2D eigenvalue weighted by Crippen LogP contribution is 2.48. The molecule has 1 fully saturated rings. The van der Waals surface area contributed by atoms with Gasteiger partial charge in [-0.25, -0.2) is 19.0 Å². The average Bonchev–Trinajstić information content (AvgIpc) is 3.70. The molecular formula is C35H52N7O9P. The van der Waals surface area contributed by atoms with Gasteiger partial charge in [-0.15, -0.1) is 0 Å². The van der Waals surface area contributed by atoms with Crippen molar-refractivity contribution >= 4 is 25.9 Å². The molecule has 1 aliphatic heterocycles. The molecule has 16 nitrogen and oxygen atoms in total. The molecule has 0 bridgehead atoms. The molecule has 52 heavy (non-hydrogen) atoms. The summed E-state index contributed by atoms with van der Waals surface area (Å²) in [5.74, 6) is 0.260. The third-order valence-corrected chi connectivity index (χ3v) is 10.0. The molecule has 5 atom stereocenters. The Labute approximate surface area is 304 Å². The molecule has 0 aliphatic carbocycles. The van der Waals surface area contributed by atoms with E-state index in [1.807, 2.05) is 6.07 Å². The van der Waals surface area contributed by atoms with E-state index in [1.165, 1.54) is 93.0 Å². The van der Waals surface area contributed by atoms with Gasteiger partial charge in [0.05, 0.1) is 37.1 Å². The van der Waals surface area contributed by atoms with Crippen LogP contribution in [0.3, 0.4) is 0 Å². The van der Waals surface area contributed by atoms with Gasteiger partial charge in [0.25, 0.3) is 0 Å². The Morgan fingerprint density at radius 2 is 1.79 bits per heavy atom. The largest absolute Gasteiger partial charge is 0.472 e. The summed E-state index contributed by atoms with van der Waals surface area (Å²) in [5, 5.41) is 36.2. The second-order valence-electron chi connectivity index (χ2n) is 13.0. The molecular weight excluding hydrogens is 693 g/mol. The van der Waals surface area contributed by atoms with Gasteiger partial charge < -0.3 is 35.1 Å². The lowest BCUT2D eigenvalue weighted by Gasteiger charge is -2.31. The first-order valence-corrected chi connectivity index (χ1v) is 19.4. The van der Waals surface area contributed by atoms with Crippen LogP contribution in [-0.4, -0.2) is 92.4 Å². The predicted octanol–water partition coefficient (Wildman–Crippen LogP) is 4.85. The minimum Gasteiger partial charge on any atom is -0.469 e. The number of aliphatic hydroxyl groups excluding tert-OH is 1. The van der Waals surface area contributed by atoms with Crippen molar-refractivity contribution in [1.29, 1.82) is 5.26 Å². The summed E-state index contributed by atoms with van der Waals surface area (Å²) in [7, 11) is -4.83. The van der Waals surface area contributed by atoms with E-state index >= 15 is 0 Å². The van der Waals surface area contributed by atoms with Gasteiger partial charge in [-0.1, -0.05) is 77.6 Å². The van der Waals surface area contributed by atoms with E-state index in [9.17, 15) is 24.9 Å². The highest BCUT2D eigenvalue weighted by atomic mass is 31.2. The van der Waals surface area contributed by atoms with Crippen LogP contribution in [0.5, 0.6) is 5.88 Å². The van der Waals surface area contributed by atoms with Crippen molar-refractivity contribution in [1.82, 2.24) is 19.6 Å². The number of nitrogen functional groups attached to an aromatic ring is 1. The number of anilines is 1. The minimum absolute atomic E-state index is 0.00282. The van der Waals surface area contributed by atoms with Gasteiger partial charge in [0.15, 0.2) is 11.4 Å². The fraction of sp³-hybridized carbons (Fsp3) is 0.629. The normalized spacial score (nSPS) is 21.9. The Bertz CT molecular complexity index is 1660. The zero-order valence-corrected chi connectivity index (χ0v) is 30.7. The molecule has 5 N–H and O–H groups in total. The van der Waals surface area contributed by atoms with Gasteiger partial charge in [-0.3, -0.25) is 14.0 Å². The second-order valence-corrected chi connectivity index (χ2v) is 14.5. The molecule has 1 unspecified atom stereocenters. The highest BCUT2D eigenvalue weighted by molar-refractivity contribution is 7.47. The second kappa shape index (κ2) is 20.1. The number of aliphatic imine (C=N–C) groups is 1. The van der Waals surface area contributed by atoms with Crippen molar-refractivity contribution < 1.29 is 42.9 Å². The van der Waals surface area contributed by atoms with E-state index in [0.29, 0.717) is 17.7 Å². The fourth-order valence-corrected chi connectivity index (χ4v) is 6.82. The first kappa shape index (κ1) is 41.2. The molecule has 286 valence electrons. The third kappa shape index (κ3) is 11.2. The summed E-state index contributed by atoms with van der Waals surface area (Å²) in [4.78, 5) is 22.5. The molecule has 3 aromatic rings. The van der Waals surface area contributed by atoms with E-state index < -0.39 is 51.2 Å². The quantitative estimate of drug-likeness (QED) is 0.0516. The number of aliphatic hydroxyl groups is 2. The van der Waals surface area contributed by atoms with Crippen molar-refractivity contribution in [2.45, 2.75) is 108 Å². The first-order chi connectivity index (χ1) is 25.1. The number of pyridine rings is 1. The van der Waals surface area contributed by atoms with Crippen molar-refractivity contribution in [3.63, 3.8) is 0 Å². The van der Waals surface area contributed by atoms with E-state index in [2.05, 4.69) is 33.7 Å². The summed E-state index contributed by atoms with van der Waals surface area (Å²) in [6, 6.07) is 8.02. The summed E-state index contributed by atoms with van der Waals surface area (Å²) in [6.45, 7) is 4.41. The van der Waals surface area contributed by atoms with Crippen LogP contribution in [0.4, 0.5) is 5.82 Å². The van der Waals surface area contributed by atoms with Gasteiger partial charge in [0.1, 0.15) is 30.7 Å². The van der Waals surface area contributed by atoms with E-state index in [1.54, 1.807) is 6.07 Å². The number of ether oxygens (including phenoxy) is 3. The van der Waals surface area contributed by atoms with Crippen LogP contribution in [0.15, 0.2) is 41.8 Å². The standard InChI is InChI=1S/C35H52N7O9P/c1-3-4-5-6-7-8-9-10-11-12-13-14-19-47-22-28(51-31-20-27(21-36)17-18-39-31)23-49-52(45,46)50-25-35(38-2)33(43)34(44,24-48-35)30-16-15-29-32(37)40-26-41-42(29)30/h15-18,20,26,28,33,43-44H,2-14,19,22-25H2,1H3,(H,45,46)(H2,37,40,41)/t28-,33+,34-,35-/m1/s1. The van der Waals surface area contributed by atoms with Gasteiger partial charge in [0.2, 0.25) is 11.6 Å². The van der Waals surface area contributed by atoms with Crippen LogP contribution in [0.25, 0.3) is 5.52 Å². The molecule has 0 aromatic carbocycles. The van der Waals surface area contributed by atoms with E-state index in [0.717, 1.165) is 19.3 Å². The predicted molar refractivity (Wildman–Crippen MR) is 193 cm³/mol. The van der Waals surface area contributed by atoms with Crippen LogP contribution < -0.4 is 10.5 Å². The molecule has 0 saturated carbocycles. The number of hydrogen-bond acceptors (Lipinski definition) is 14.